The van der Waals surface area contributed by atoms with Gasteiger partial charge in [-0.3, -0.25) is 0 Å². The highest BCUT2D eigenvalue weighted by Gasteiger charge is 2.35. The highest BCUT2D eigenvalue weighted by molar-refractivity contribution is 14.1. The van der Waals surface area contributed by atoms with Gasteiger partial charge in [-0.2, -0.15) is 13.2 Å². The predicted octanol–water partition coefficient (Wildman–Crippen LogP) is 2.43. The first-order valence-corrected chi connectivity index (χ1v) is 5.09. The molecule has 88 valence electrons. The molecule has 0 spiro atoms. The number of hydrogen-bond acceptors (Lipinski definition) is 2. The largest absolute Gasteiger partial charge is 0.479 e. The molecule has 1 aromatic rings. The number of carboxylic acids is 1. The Hall–Kier alpha value is -0.830. The standard InChI is InChI=1S/C9H6F3IO3/c10-9(11,12)5-3-1-2-4(6(5)13)7(14)8(15)16/h1-3,7,14H,(H,15,16). The molecule has 0 aliphatic carbocycles. The van der Waals surface area contributed by atoms with Gasteiger partial charge in [-0.15, -0.1) is 0 Å². The summed E-state index contributed by atoms with van der Waals surface area (Å²) in [6, 6.07) is 3.04. The lowest BCUT2D eigenvalue weighted by Crippen LogP contribution is -2.15. The zero-order valence-corrected chi connectivity index (χ0v) is 9.78. The van der Waals surface area contributed by atoms with E-state index < -0.39 is 23.8 Å². The normalized spacial score (nSPS) is 13.6. The van der Waals surface area contributed by atoms with Crippen LogP contribution in [0.25, 0.3) is 0 Å². The lowest BCUT2D eigenvalue weighted by atomic mass is 10.1. The molecule has 0 saturated heterocycles. The van der Waals surface area contributed by atoms with E-state index in [4.69, 9.17) is 5.11 Å². The van der Waals surface area contributed by atoms with E-state index in [-0.39, 0.29) is 9.13 Å². The van der Waals surface area contributed by atoms with Gasteiger partial charge in [-0.1, -0.05) is 12.1 Å². The molecule has 7 heteroatoms. The molecule has 1 atom stereocenters. The molecule has 16 heavy (non-hydrogen) atoms. The van der Waals surface area contributed by atoms with Gasteiger partial charge >= 0.3 is 12.1 Å². The quantitative estimate of drug-likeness (QED) is 0.809. The fraction of sp³-hybridized carbons (Fsp3) is 0.222. The van der Waals surface area contributed by atoms with Crippen LogP contribution in [0.15, 0.2) is 18.2 Å². The topological polar surface area (TPSA) is 57.5 Å². The molecule has 2 N–H and O–H groups in total. The molecule has 1 unspecified atom stereocenters. The second-order valence-corrected chi connectivity index (χ2v) is 4.03. The van der Waals surface area contributed by atoms with Crippen molar-refractivity contribution in [2.24, 2.45) is 0 Å². The van der Waals surface area contributed by atoms with E-state index in [1.165, 1.54) is 22.6 Å². The molecular weight excluding hydrogens is 340 g/mol. The fourth-order valence-corrected chi connectivity index (χ4v) is 2.07. The van der Waals surface area contributed by atoms with Crippen molar-refractivity contribution >= 4 is 28.6 Å². The number of carbonyl (C=O) groups is 1. The Kier molecular flexibility index (Phi) is 3.79. The number of carboxylic acid groups (broad SMARTS) is 1. The van der Waals surface area contributed by atoms with Gasteiger partial charge in [0.05, 0.1) is 5.56 Å². The van der Waals surface area contributed by atoms with Crippen LogP contribution in [0.1, 0.15) is 17.2 Å². The number of aliphatic hydroxyl groups excluding tert-OH is 1. The summed E-state index contributed by atoms with van der Waals surface area (Å²) in [4.78, 5) is 10.5. The van der Waals surface area contributed by atoms with Crippen LogP contribution in [0, 0.1) is 3.57 Å². The van der Waals surface area contributed by atoms with Crippen LogP contribution in [-0.4, -0.2) is 16.2 Å². The zero-order valence-electron chi connectivity index (χ0n) is 7.62. The van der Waals surface area contributed by atoms with Gasteiger partial charge in [0.2, 0.25) is 0 Å². The summed E-state index contributed by atoms with van der Waals surface area (Å²) < 4.78 is 37.1. The first-order valence-electron chi connectivity index (χ1n) is 4.01. The summed E-state index contributed by atoms with van der Waals surface area (Å²) in [5, 5.41) is 17.7. The van der Waals surface area contributed by atoms with Crippen molar-refractivity contribution in [3.63, 3.8) is 0 Å². The summed E-state index contributed by atoms with van der Waals surface area (Å²) in [5.74, 6) is -1.59. The Labute approximate surface area is 102 Å². The van der Waals surface area contributed by atoms with Crippen LogP contribution in [0.2, 0.25) is 0 Å². The molecule has 0 aliphatic heterocycles. The number of benzene rings is 1. The zero-order chi connectivity index (χ0) is 12.5. The third-order valence-electron chi connectivity index (χ3n) is 1.86. The molecule has 1 aromatic carbocycles. The summed E-state index contributed by atoms with van der Waals surface area (Å²) in [6.45, 7) is 0. The maximum absolute atomic E-state index is 12.5. The third-order valence-corrected chi connectivity index (χ3v) is 3.07. The average Bonchev–Trinajstić information content (AvgIpc) is 2.15. The number of aliphatic carboxylic acids is 1. The highest BCUT2D eigenvalue weighted by Crippen LogP contribution is 2.35. The summed E-state index contributed by atoms with van der Waals surface area (Å²) >= 11 is 1.37. The molecule has 0 saturated carbocycles. The minimum Gasteiger partial charge on any atom is -0.479 e. The summed E-state index contributed by atoms with van der Waals surface area (Å²) in [5.41, 5.74) is -1.21. The van der Waals surface area contributed by atoms with Gasteiger partial charge in [-0.25, -0.2) is 4.79 Å². The monoisotopic (exact) mass is 346 g/mol. The molecule has 0 bridgehead atoms. The van der Waals surface area contributed by atoms with Gasteiger partial charge in [0.1, 0.15) is 0 Å². The minimum atomic E-state index is -4.56. The highest BCUT2D eigenvalue weighted by atomic mass is 127. The van der Waals surface area contributed by atoms with Crippen LogP contribution in [-0.2, 0) is 11.0 Å². The smallest absolute Gasteiger partial charge is 0.417 e. The van der Waals surface area contributed by atoms with E-state index in [1.807, 2.05) is 0 Å². The van der Waals surface area contributed by atoms with E-state index in [0.29, 0.717) is 0 Å². The van der Waals surface area contributed by atoms with E-state index in [1.54, 1.807) is 0 Å². The fourth-order valence-electron chi connectivity index (χ4n) is 1.11. The van der Waals surface area contributed by atoms with Crippen LogP contribution < -0.4 is 0 Å². The summed E-state index contributed by atoms with van der Waals surface area (Å²) in [6.07, 6.45) is -6.51. The minimum absolute atomic E-state index is 0.261. The van der Waals surface area contributed by atoms with E-state index >= 15 is 0 Å². The van der Waals surface area contributed by atoms with Gasteiger partial charge in [0.25, 0.3) is 0 Å². The van der Waals surface area contributed by atoms with Crippen molar-refractivity contribution in [2.75, 3.05) is 0 Å². The van der Waals surface area contributed by atoms with E-state index in [0.717, 1.165) is 18.2 Å². The Balaban J connectivity index is 3.30. The molecule has 0 heterocycles. The second-order valence-electron chi connectivity index (χ2n) is 2.95. The molecule has 0 aromatic heterocycles. The van der Waals surface area contributed by atoms with Crippen molar-refractivity contribution in [1.29, 1.82) is 0 Å². The Morgan fingerprint density at radius 1 is 1.38 bits per heavy atom. The van der Waals surface area contributed by atoms with Crippen LogP contribution in [0.5, 0.6) is 0 Å². The Bertz CT molecular complexity index is 417. The van der Waals surface area contributed by atoms with Crippen molar-refractivity contribution in [3.8, 4) is 0 Å². The number of alkyl halides is 3. The van der Waals surface area contributed by atoms with Crippen LogP contribution in [0.3, 0.4) is 0 Å². The van der Waals surface area contributed by atoms with Crippen molar-refractivity contribution in [2.45, 2.75) is 12.3 Å². The van der Waals surface area contributed by atoms with Gasteiger partial charge < -0.3 is 10.2 Å². The number of aliphatic hydroxyl groups is 1. The number of hydrogen-bond donors (Lipinski definition) is 2. The molecule has 1 rings (SSSR count). The molecule has 0 radical (unpaired) electrons. The number of halogens is 4. The summed E-state index contributed by atoms with van der Waals surface area (Å²) in [7, 11) is 0. The molecule has 0 aliphatic rings. The lowest BCUT2D eigenvalue weighted by molar-refractivity contribution is -0.147. The first-order chi connectivity index (χ1) is 7.25. The Morgan fingerprint density at radius 3 is 2.38 bits per heavy atom. The van der Waals surface area contributed by atoms with E-state index in [9.17, 15) is 23.1 Å². The van der Waals surface area contributed by atoms with Crippen molar-refractivity contribution < 1.29 is 28.2 Å². The molecular formula is C9H6F3IO3. The lowest BCUT2D eigenvalue weighted by Gasteiger charge is -2.14. The maximum Gasteiger partial charge on any atom is 0.417 e. The van der Waals surface area contributed by atoms with Gasteiger partial charge in [0.15, 0.2) is 6.10 Å². The van der Waals surface area contributed by atoms with Crippen LogP contribution >= 0.6 is 22.6 Å². The van der Waals surface area contributed by atoms with E-state index in [2.05, 4.69) is 0 Å². The average molecular weight is 346 g/mol. The maximum atomic E-state index is 12.5. The molecule has 0 fully saturated rings. The van der Waals surface area contributed by atoms with Crippen molar-refractivity contribution in [3.05, 3.63) is 32.9 Å². The van der Waals surface area contributed by atoms with Gasteiger partial charge in [0, 0.05) is 9.13 Å². The van der Waals surface area contributed by atoms with Crippen molar-refractivity contribution in [1.82, 2.24) is 0 Å². The number of rotatable bonds is 2. The molecule has 0 amide bonds. The second kappa shape index (κ2) is 4.58. The Morgan fingerprint density at radius 2 is 1.94 bits per heavy atom. The van der Waals surface area contributed by atoms with Gasteiger partial charge in [-0.05, 0) is 28.7 Å². The van der Waals surface area contributed by atoms with Crippen LogP contribution in [0.4, 0.5) is 13.2 Å². The third kappa shape index (κ3) is 2.64. The molecule has 3 nitrogen and oxygen atoms in total. The SMILES string of the molecule is O=C(O)C(O)c1cccc(C(F)(F)F)c1I. The predicted molar refractivity (Wildman–Crippen MR) is 56.8 cm³/mol. The first kappa shape index (κ1) is 13.2.